The molecule has 0 aliphatic heterocycles. The van der Waals surface area contributed by atoms with Crippen LogP contribution in [0, 0.1) is 0 Å². The Hall–Kier alpha value is -1.01. The molecular formula is C4H6Cl2N6. The summed E-state index contributed by atoms with van der Waals surface area (Å²) in [7, 11) is 1.67. The molecule has 66 valence electrons. The Labute approximate surface area is 78.9 Å². The van der Waals surface area contributed by atoms with E-state index < -0.39 is 0 Å². The summed E-state index contributed by atoms with van der Waals surface area (Å²) in [5.74, 6) is 0.814. The maximum Gasteiger partial charge on any atom is 0.244 e. The molecule has 0 bridgehead atoms. The maximum absolute atomic E-state index is 5.28. The monoisotopic (exact) mass is 208 g/mol. The largest absolute Gasteiger partial charge is 0.357 e. The highest BCUT2D eigenvalue weighted by Crippen LogP contribution is 2.09. The number of nitrogens with one attached hydrogen (secondary N) is 3. The van der Waals surface area contributed by atoms with Crippen molar-refractivity contribution in [2.75, 3.05) is 22.0 Å². The second kappa shape index (κ2) is 4.13. The van der Waals surface area contributed by atoms with Gasteiger partial charge in [0, 0.05) is 30.6 Å². The van der Waals surface area contributed by atoms with Crippen molar-refractivity contribution in [1.82, 2.24) is 15.0 Å². The summed E-state index contributed by atoms with van der Waals surface area (Å²) < 4.78 is 0. The Balaban J connectivity index is 3.01. The molecule has 0 radical (unpaired) electrons. The van der Waals surface area contributed by atoms with Crippen molar-refractivity contribution in [2.24, 2.45) is 0 Å². The van der Waals surface area contributed by atoms with Crippen LogP contribution in [0.4, 0.5) is 17.8 Å². The van der Waals surface area contributed by atoms with E-state index in [-0.39, 0.29) is 11.9 Å². The molecule has 1 heterocycles. The highest BCUT2D eigenvalue weighted by molar-refractivity contribution is 6.24. The number of halogens is 2. The third-order valence-electron chi connectivity index (χ3n) is 1.03. The molecule has 0 fully saturated rings. The van der Waals surface area contributed by atoms with Crippen LogP contribution in [0.1, 0.15) is 0 Å². The van der Waals surface area contributed by atoms with Crippen LogP contribution in [0.25, 0.3) is 0 Å². The number of hydrogen-bond acceptors (Lipinski definition) is 6. The Morgan fingerprint density at radius 1 is 0.917 bits per heavy atom. The van der Waals surface area contributed by atoms with E-state index in [4.69, 9.17) is 23.6 Å². The molecule has 8 heteroatoms. The zero-order chi connectivity index (χ0) is 8.97. The first kappa shape index (κ1) is 9.08. The Kier molecular flexibility index (Phi) is 3.12. The third-order valence-corrected chi connectivity index (χ3v) is 1.37. The van der Waals surface area contributed by atoms with Gasteiger partial charge in [-0.1, -0.05) is 0 Å². The van der Waals surface area contributed by atoms with Crippen LogP contribution in [-0.2, 0) is 0 Å². The van der Waals surface area contributed by atoms with Crippen molar-refractivity contribution in [3.63, 3.8) is 0 Å². The van der Waals surface area contributed by atoms with Crippen LogP contribution < -0.4 is 15.0 Å². The lowest BCUT2D eigenvalue weighted by Crippen LogP contribution is -2.03. The molecule has 1 aromatic rings. The predicted octanol–water partition coefficient (Wildman–Crippen LogP) is 1.04. The van der Waals surface area contributed by atoms with Crippen molar-refractivity contribution < 1.29 is 0 Å². The van der Waals surface area contributed by atoms with Crippen LogP contribution in [0.5, 0.6) is 0 Å². The molecular weight excluding hydrogens is 203 g/mol. The quantitative estimate of drug-likeness (QED) is 0.646. The SMILES string of the molecule is CNc1nc(NCl)nc(NCl)n1. The van der Waals surface area contributed by atoms with Crippen LogP contribution in [-0.4, -0.2) is 22.0 Å². The number of anilines is 3. The molecule has 0 saturated carbocycles. The molecule has 0 atom stereocenters. The van der Waals surface area contributed by atoms with E-state index in [0.717, 1.165) is 0 Å². The lowest BCUT2D eigenvalue weighted by molar-refractivity contribution is 1.07. The first-order valence-corrected chi connectivity index (χ1v) is 3.73. The summed E-state index contributed by atoms with van der Waals surface area (Å²) in [6, 6.07) is 0. The number of hydrogen-bond donors (Lipinski definition) is 3. The van der Waals surface area contributed by atoms with E-state index in [9.17, 15) is 0 Å². The van der Waals surface area contributed by atoms with Crippen molar-refractivity contribution in [2.45, 2.75) is 0 Å². The molecule has 0 spiro atoms. The lowest BCUT2D eigenvalue weighted by atomic mass is 10.8. The third kappa shape index (κ3) is 1.99. The van der Waals surface area contributed by atoms with Gasteiger partial charge in [0.1, 0.15) is 0 Å². The summed E-state index contributed by atoms with van der Waals surface area (Å²) in [5, 5.41) is 2.72. The normalized spacial score (nSPS) is 9.25. The van der Waals surface area contributed by atoms with E-state index in [1.54, 1.807) is 7.05 Å². The van der Waals surface area contributed by atoms with Crippen molar-refractivity contribution in [1.29, 1.82) is 0 Å². The van der Waals surface area contributed by atoms with Crippen LogP contribution >= 0.6 is 23.6 Å². The summed E-state index contributed by atoms with van der Waals surface area (Å²) in [6.45, 7) is 0. The van der Waals surface area contributed by atoms with E-state index in [2.05, 4.69) is 29.9 Å². The summed E-state index contributed by atoms with van der Waals surface area (Å²) >= 11 is 10.6. The Morgan fingerprint density at radius 2 is 1.33 bits per heavy atom. The van der Waals surface area contributed by atoms with E-state index >= 15 is 0 Å². The highest BCUT2D eigenvalue weighted by atomic mass is 35.5. The fourth-order valence-electron chi connectivity index (χ4n) is 0.572. The summed E-state index contributed by atoms with van der Waals surface area (Å²) in [5.41, 5.74) is 0. The lowest BCUT2D eigenvalue weighted by Gasteiger charge is -2.02. The van der Waals surface area contributed by atoms with E-state index in [0.29, 0.717) is 5.95 Å². The number of aromatic nitrogens is 3. The maximum atomic E-state index is 5.28. The molecule has 0 amide bonds. The summed E-state index contributed by atoms with van der Waals surface area (Å²) in [6.07, 6.45) is 0. The van der Waals surface area contributed by atoms with Crippen LogP contribution in [0.3, 0.4) is 0 Å². The van der Waals surface area contributed by atoms with Gasteiger partial charge in [0.15, 0.2) is 0 Å². The first-order valence-electron chi connectivity index (χ1n) is 2.97. The van der Waals surface area contributed by atoms with Crippen molar-refractivity contribution >= 4 is 41.4 Å². The number of rotatable bonds is 3. The van der Waals surface area contributed by atoms with Gasteiger partial charge in [-0.25, -0.2) is 0 Å². The zero-order valence-electron chi connectivity index (χ0n) is 6.10. The van der Waals surface area contributed by atoms with Gasteiger partial charge in [-0.15, -0.1) is 0 Å². The van der Waals surface area contributed by atoms with E-state index in [1.807, 2.05) is 0 Å². The topological polar surface area (TPSA) is 74.8 Å². The molecule has 0 saturated heterocycles. The molecule has 1 aromatic heterocycles. The van der Waals surface area contributed by atoms with Gasteiger partial charge in [-0.2, -0.15) is 15.0 Å². The van der Waals surface area contributed by atoms with Gasteiger partial charge in [0.05, 0.1) is 0 Å². The van der Waals surface area contributed by atoms with Crippen molar-refractivity contribution in [3.05, 3.63) is 0 Å². The van der Waals surface area contributed by atoms with Gasteiger partial charge in [-0.05, 0) is 0 Å². The van der Waals surface area contributed by atoms with Crippen LogP contribution in [0.2, 0.25) is 0 Å². The first-order chi connectivity index (χ1) is 5.80. The van der Waals surface area contributed by atoms with Gasteiger partial charge in [-0.3, -0.25) is 9.67 Å². The molecule has 0 aliphatic rings. The standard InChI is InChI=1S/C4H6Cl2N6/c1-7-2-8-3(11-5)10-4(9-2)12-6/h1H3,(H3,7,8,9,10,11,12). The molecule has 0 unspecified atom stereocenters. The zero-order valence-corrected chi connectivity index (χ0v) is 7.61. The fourth-order valence-corrected chi connectivity index (χ4v) is 0.741. The minimum Gasteiger partial charge on any atom is -0.357 e. The average Bonchev–Trinajstić information content (AvgIpc) is 2.16. The van der Waals surface area contributed by atoms with Crippen molar-refractivity contribution in [3.8, 4) is 0 Å². The second-order valence-electron chi connectivity index (χ2n) is 1.75. The van der Waals surface area contributed by atoms with Gasteiger partial charge >= 0.3 is 0 Å². The molecule has 12 heavy (non-hydrogen) atoms. The average molecular weight is 209 g/mol. The Bertz CT molecular complexity index is 210. The molecule has 6 nitrogen and oxygen atoms in total. The minimum absolute atomic E-state index is 0.221. The van der Waals surface area contributed by atoms with Gasteiger partial charge in [0.2, 0.25) is 17.8 Å². The number of nitrogens with zero attached hydrogens (tertiary/aromatic N) is 3. The summed E-state index contributed by atoms with van der Waals surface area (Å²) in [4.78, 5) is 16.0. The van der Waals surface area contributed by atoms with Gasteiger partial charge in [0.25, 0.3) is 0 Å². The highest BCUT2D eigenvalue weighted by Gasteiger charge is 2.02. The fraction of sp³-hybridized carbons (Fsp3) is 0.250. The molecule has 0 aromatic carbocycles. The predicted molar refractivity (Wildman–Crippen MR) is 48.3 cm³/mol. The molecule has 3 N–H and O–H groups in total. The minimum atomic E-state index is 0.221. The van der Waals surface area contributed by atoms with Crippen LogP contribution in [0.15, 0.2) is 0 Å². The van der Waals surface area contributed by atoms with Gasteiger partial charge < -0.3 is 5.32 Å². The molecule has 0 aliphatic carbocycles. The van der Waals surface area contributed by atoms with E-state index in [1.165, 1.54) is 0 Å². The second-order valence-corrected chi connectivity index (χ2v) is 2.12. The molecule has 1 rings (SSSR count). The smallest absolute Gasteiger partial charge is 0.244 e. The Morgan fingerprint density at radius 3 is 1.67 bits per heavy atom.